The van der Waals surface area contributed by atoms with Crippen molar-refractivity contribution in [3.63, 3.8) is 0 Å². The second-order valence-corrected chi connectivity index (χ2v) is 3.37. The van der Waals surface area contributed by atoms with E-state index in [4.69, 9.17) is 5.26 Å². The van der Waals surface area contributed by atoms with E-state index in [1.165, 1.54) is 6.92 Å². The monoisotopic (exact) mass is 182 g/mol. The molecule has 0 spiro atoms. The van der Waals surface area contributed by atoms with Gasteiger partial charge in [0.05, 0.1) is 12.0 Å². The molecule has 3 nitrogen and oxygen atoms in total. The van der Waals surface area contributed by atoms with Gasteiger partial charge in [-0.05, 0) is 13.3 Å². The molecule has 0 heterocycles. The van der Waals surface area contributed by atoms with Gasteiger partial charge in [0, 0.05) is 13.0 Å². The summed E-state index contributed by atoms with van der Waals surface area (Å²) in [4.78, 5) is 10.7. The van der Waals surface area contributed by atoms with E-state index in [-0.39, 0.29) is 17.9 Å². The molecule has 0 aromatic rings. The Bertz CT molecular complexity index is 196. The Morgan fingerprint density at radius 2 is 2.23 bits per heavy atom. The van der Waals surface area contributed by atoms with Crippen LogP contribution in [0.25, 0.3) is 0 Å². The summed E-state index contributed by atoms with van der Waals surface area (Å²) in [5.41, 5.74) is 0. The number of nitrogens with one attached hydrogen (secondary N) is 1. The number of hydrogen-bond donors (Lipinski definition) is 1. The Morgan fingerprint density at radius 1 is 1.62 bits per heavy atom. The number of nitriles is 1. The fourth-order valence-electron chi connectivity index (χ4n) is 1.27. The van der Waals surface area contributed by atoms with Crippen molar-refractivity contribution in [2.75, 3.05) is 0 Å². The summed E-state index contributed by atoms with van der Waals surface area (Å²) in [6.45, 7) is 5.45. The van der Waals surface area contributed by atoms with Crippen LogP contribution < -0.4 is 5.32 Å². The van der Waals surface area contributed by atoms with Gasteiger partial charge in [-0.3, -0.25) is 4.79 Å². The van der Waals surface area contributed by atoms with E-state index in [2.05, 4.69) is 18.3 Å². The van der Waals surface area contributed by atoms with Crippen molar-refractivity contribution in [1.29, 1.82) is 5.26 Å². The molecule has 0 fully saturated rings. The Morgan fingerprint density at radius 3 is 2.62 bits per heavy atom. The number of carbonyl (C=O) groups is 1. The average molecular weight is 182 g/mol. The molecular weight excluding hydrogens is 164 g/mol. The lowest BCUT2D eigenvalue weighted by Gasteiger charge is -2.17. The molecule has 1 N–H and O–H groups in total. The Kier molecular flexibility index (Phi) is 5.96. The number of amides is 1. The van der Waals surface area contributed by atoms with Crippen LogP contribution in [-0.4, -0.2) is 11.9 Å². The predicted molar refractivity (Wildman–Crippen MR) is 51.9 cm³/mol. The van der Waals surface area contributed by atoms with Crippen LogP contribution in [0.15, 0.2) is 0 Å². The van der Waals surface area contributed by atoms with Crippen molar-refractivity contribution in [2.24, 2.45) is 5.92 Å². The van der Waals surface area contributed by atoms with E-state index in [1.807, 2.05) is 6.92 Å². The van der Waals surface area contributed by atoms with Crippen LogP contribution in [0.1, 0.15) is 40.0 Å². The molecule has 1 amide bonds. The number of carbonyl (C=O) groups excluding carboxylic acids is 1. The minimum atomic E-state index is -0.0655. The van der Waals surface area contributed by atoms with Crippen molar-refractivity contribution in [1.82, 2.24) is 5.32 Å². The molecule has 0 bridgehead atoms. The fourth-order valence-corrected chi connectivity index (χ4v) is 1.27. The van der Waals surface area contributed by atoms with Gasteiger partial charge in [-0.25, -0.2) is 0 Å². The molecule has 74 valence electrons. The van der Waals surface area contributed by atoms with E-state index >= 15 is 0 Å². The van der Waals surface area contributed by atoms with Gasteiger partial charge in [-0.2, -0.15) is 5.26 Å². The molecule has 2 unspecified atom stereocenters. The van der Waals surface area contributed by atoms with Crippen molar-refractivity contribution in [3.05, 3.63) is 0 Å². The van der Waals surface area contributed by atoms with Crippen molar-refractivity contribution < 1.29 is 4.79 Å². The minimum absolute atomic E-state index is 0.0333. The van der Waals surface area contributed by atoms with Gasteiger partial charge < -0.3 is 5.32 Å². The standard InChI is InChI=1S/C10H18N2O/c1-4-5-6-10(7-11)8(2)12-9(3)13/h8,10H,4-6H2,1-3H3,(H,12,13). The Balaban J connectivity index is 3.93. The highest BCUT2D eigenvalue weighted by Gasteiger charge is 2.16. The van der Waals surface area contributed by atoms with Crippen molar-refractivity contribution >= 4 is 5.91 Å². The van der Waals surface area contributed by atoms with Gasteiger partial charge in [-0.15, -0.1) is 0 Å². The molecule has 0 aromatic heterocycles. The second-order valence-electron chi connectivity index (χ2n) is 3.37. The quantitative estimate of drug-likeness (QED) is 0.705. The smallest absolute Gasteiger partial charge is 0.217 e. The van der Waals surface area contributed by atoms with Crippen LogP contribution in [0.5, 0.6) is 0 Å². The summed E-state index contributed by atoms with van der Waals surface area (Å²) in [5, 5.41) is 11.6. The van der Waals surface area contributed by atoms with E-state index in [0.29, 0.717) is 0 Å². The van der Waals surface area contributed by atoms with Crippen LogP contribution in [0.2, 0.25) is 0 Å². The lowest BCUT2D eigenvalue weighted by molar-refractivity contribution is -0.119. The summed E-state index contributed by atoms with van der Waals surface area (Å²) in [5.74, 6) is -0.118. The SMILES string of the molecule is CCCCC(C#N)C(C)NC(C)=O. The van der Waals surface area contributed by atoms with Crippen molar-refractivity contribution in [3.8, 4) is 6.07 Å². The number of nitrogens with zero attached hydrogens (tertiary/aromatic N) is 1. The zero-order valence-electron chi connectivity index (χ0n) is 8.63. The van der Waals surface area contributed by atoms with Gasteiger partial charge in [0.1, 0.15) is 0 Å². The Labute approximate surface area is 80.1 Å². The highest BCUT2D eigenvalue weighted by atomic mass is 16.1. The third-order valence-electron chi connectivity index (χ3n) is 2.07. The van der Waals surface area contributed by atoms with Gasteiger partial charge in [0.2, 0.25) is 5.91 Å². The van der Waals surface area contributed by atoms with Gasteiger partial charge in [-0.1, -0.05) is 19.8 Å². The van der Waals surface area contributed by atoms with Crippen LogP contribution in [-0.2, 0) is 4.79 Å². The molecule has 0 aliphatic carbocycles. The summed E-state index contributed by atoms with van der Waals surface area (Å²) in [6, 6.07) is 2.19. The molecule has 0 rings (SSSR count). The molecule has 0 aliphatic rings. The fraction of sp³-hybridized carbons (Fsp3) is 0.800. The first-order valence-electron chi connectivity index (χ1n) is 4.78. The summed E-state index contributed by atoms with van der Waals surface area (Å²) >= 11 is 0. The van der Waals surface area contributed by atoms with Crippen molar-refractivity contribution in [2.45, 2.75) is 46.1 Å². The molecular formula is C10H18N2O. The minimum Gasteiger partial charge on any atom is -0.353 e. The second kappa shape index (κ2) is 6.47. The van der Waals surface area contributed by atoms with Crippen LogP contribution in [0, 0.1) is 17.2 Å². The largest absolute Gasteiger partial charge is 0.353 e. The van der Waals surface area contributed by atoms with E-state index < -0.39 is 0 Å². The molecule has 0 aliphatic heterocycles. The number of hydrogen-bond acceptors (Lipinski definition) is 2. The molecule has 2 atom stereocenters. The first-order valence-corrected chi connectivity index (χ1v) is 4.78. The van der Waals surface area contributed by atoms with Gasteiger partial charge in [0.15, 0.2) is 0 Å². The Hall–Kier alpha value is -1.04. The lowest BCUT2D eigenvalue weighted by atomic mass is 9.96. The number of rotatable bonds is 5. The average Bonchev–Trinajstić information content (AvgIpc) is 2.04. The highest BCUT2D eigenvalue weighted by molar-refractivity contribution is 5.73. The van der Waals surface area contributed by atoms with Crippen LogP contribution in [0.4, 0.5) is 0 Å². The maximum atomic E-state index is 10.7. The summed E-state index contributed by atoms with van der Waals surface area (Å²) < 4.78 is 0. The lowest BCUT2D eigenvalue weighted by Crippen LogP contribution is -2.36. The zero-order valence-corrected chi connectivity index (χ0v) is 8.63. The van der Waals surface area contributed by atoms with Crippen LogP contribution in [0.3, 0.4) is 0 Å². The molecule has 0 saturated heterocycles. The summed E-state index contributed by atoms with van der Waals surface area (Å²) in [6.07, 6.45) is 3.00. The van der Waals surface area contributed by atoms with E-state index in [9.17, 15) is 4.79 Å². The highest BCUT2D eigenvalue weighted by Crippen LogP contribution is 2.11. The molecule has 0 saturated carbocycles. The van der Waals surface area contributed by atoms with Crippen LogP contribution >= 0.6 is 0 Å². The predicted octanol–water partition coefficient (Wildman–Crippen LogP) is 1.84. The van der Waals surface area contributed by atoms with Gasteiger partial charge in [0.25, 0.3) is 0 Å². The zero-order chi connectivity index (χ0) is 10.3. The topological polar surface area (TPSA) is 52.9 Å². The first kappa shape index (κ1) is 12.0. The molecule has 0 aromatic carbocycles. The third-order valence-corrected chi connectivity index (χ3v) is 2.07. The molecule has 3 heteroatoms. The molecule has 0 radical (unpaired) electrons. The maximum Gasteiger partial charge on any atom is 0.217 e. The summed E-state index contributed by atoms with van der Waals surface area (Å²) in [7, 11) is 0. The van der Waals surface area contributed by atoms with E-state index in [1.54, 1.807) is 0 Å². The third kappa shape index (κ3) is 5.24. The molecule has 13 heavy (non-hydrogen) atoms. The first-order chi connectivity index (χ1) is 6.11. The normalized spacial score (nSPS) is 14.3. The number of unbranched alkanes of at least 4 members (excludes halogenated alkanes) is 1. The maximum absolute atomic E-state index is 10.7. The van der Waals surface area contributed by atoms with Gasteiger partial charge >= 0.3 is 0 Å². The van der Waals surface area contributed by atoms with E-state index in [0.717, 1.165) is 19.3 Å².